The van der Waals surface area contributed by atoms with Gasteiger partial charge >= 0.3 is 6.09 Å². The first-order valence-corrected chi connectivity index (χ1v) is 10.4. The smallest absolute Gasteiger partial charge is 0.408 e. The number of ether oxygens (including phenoxy) is 1. The van der Waals surface area contributed by atoms with Gasteiger partial charge in [0.1, 0.15) is 24.6 Å². The van der Waals surface area contributed by atoms with Crippen LogP contribution in [-0.2, 0) is 27.5 Å². The van der Waals surface area contributed by atoms with Crippen molar-refractivity contribution in [1.82, 2.24) is 21.3 Å². The van der Waals surface area contributed by atoms with Gasteiger partial charge in [-0.15, -0.1) is 0 Å². The van der Waals surface area contributed by atoms with Crippen molar-refractivity contribution in [1.29, 1.82) is 0 Å². The highest BCUT2D eigenvalue weighted by atomic mass is 19.1. The molecule has 176 valence electrons. The Balaban J connectivity index is 1.58. The fourth-order valence-electron chi connectivity index (χ4n) is 3.30. The standard InChI is InChI=1S/C23H27FN4O5/c1-23(2,28-22(32)33-13-15-6-4-3-5-7-15)21-26-17(18(29)20(31)27-21)19(30)25-12-14-8-10-16(24)11-9-14/h3-11,17-18,21,26,29H,12-13H2,1-2H3,(H,25,30)(H,27,31)(H,28,32). The van der Waals surface area contributed by atoms with Crippen LogP contribution in [0, 0.1) is 5.82 Å². The fraction of sp³-hybridized carbons (Fsp3) is 0.348. The van der Waals surface area contributed by atoms with Gasteiger partial charge in [0.05, 0.1) is 5.54 Å². The Morgan fingerprint density at radius 1 is 1.09 bits per heavy atom. The molecule has 1 fully saturated rings. The maximum absolute atomic E-state index is 13.0. The molecule has 2 aromatic rings. The first kappa shape index (κ1) is 24.1. The van der Waals surface area contributed by atoms with Crippen molar-refractivity contribution in [2.45, 2.75) is 50.8 Å². The molecule has 3 amide bonds. The molecule has 2 aromatic carbocycles. The van der Waals surface area contributed by atoms with E-state index in [4.69, 9.17) is 4.74 Å². The molecule has 0 aromatic heterocycles. The number of halogens is 1. The summed E-state index contributed by atoms with van der Waals surface area (Å²) in [6, 6.07) is 13.5. The van der Waals surface area contributed by atoms with Gasteiger partial charge in [-0.05, 0) is 37.1 Å². The van der Waals surface area contributed by atoms with Crippen LogP contribution in [0.15, 0.2) is 54.6 Å². The predicted molar refractivity (Wildman–Crippen MR) is 117 cm³/mol. The Morgan fingerprint density at radius 3 is 2.42 bits per heavy atom. The maximum atomic E-state index is 13.0. The third kappa shape index (κ3) is 6.50. The number of nitrogens with one attached hydrogen (secondary N) is 4. The third-order valence-corrected chi connectivity index (χ3v) is 5.24. The van der Waals surface area contributed by atoms with E-state index in [1.54, 1.807) is 13.8 Å². The van der Waals surface area contributed by atoms with E-state index >= 15 is 0 Å². The number of rotatable bonds is 7. The number of hydrogen-bond acceptors (Lipinski definition) is 6. The van der Waals surface area contributed by atoms with E-state index in [1.807, 2.05) is 30.3 Å². The van der Waals surface area contributed by atoms with Gasteiger partial charge in [0, 0.05) is 6.54 Å². The van der Waals surface area contributed by atoms with Gasteiger partial charge in [0.2, 0.25) is 5.91 Å². The zero-order chi connectivity index (χ0) is 24.0. The van der Waals surface area contributed by atoms with Crippen molar-refractivity contribution in [3.05, 3.63) is 71.5 Å². The van der Waals surface area contributed by atoms with Gasteiger partial charge in [-0.3, -0.25) is 14.9 Å². The predicted octanol–water partition coefficient (Wildman–Crippen LogP) is 0.922. The number of aliphatic hydroxyl groups is 1. The van der Waals surface area contributed by atoms with E-state index in [0.717, 1.165) is 5.56 Å². The molecule has 0 radical (unpaired) electrons. The zero-order valence-electron chi connectivity index (χ0n) is 18.3. The maximum Gasteiger partial charge on any atom is 0.408 e. The lowest BCUT2D eigenvalue weighted by molar-refractivity contribution is -0.143. The van der Waals surface area contributed by atoms with Crippen molar-refractivity contribution < 1.29 is 28.6 Å². The lowest BCUT2D eigenvalue weighted by atomic mass is 9.95. The lowest BCUT2D eigenvalue weighted by Gasteiger charge is -2.42. The Labute approximate surface area is 190 Å². The molecule has 0 aliphatic carbocycles. The van der Waals surface area contributed by atoms with Crippen LogP contribution < -0.4 is 21.3 Å². The summed E-state index contributed by atoms with van der Waals surface area (Å²) in [6.45, 7) is 3.43. The second-order valence-corrected chi connectivity index (χ2v) is 8.28. The van der Waals surface area contributed by atoms with Crippen LogP contribution >= 0.6 is 0 Å². The Bertz CT molecular complexity index is 984. The summed E-state index contributed by atoms with van der Waals surface area (Å²) in [4.78, 5) is 37.2. The van der Waals surface area contributed by atoms with Crippen LogP contribution in [-0.4, -0.2) is 46.9 Å². The van der Waals surface area contributed by atoms with E-state index in [0.29, 0.717) is 5.56 Å². The Morgan fingerprint density at radius 2 is 1.76 bits per heavy atom. The van der Waals surface area contributed by atoms with Gasteiger partial charge in [-0.25, -0.2) is 9.18 Å². The summed E-state index contributed by atoms with van der Waals surface area (Å²) in [5.41, 5.74) is 0.397. The van der Waals surface area contributed by atoms with Crippen LogP contribution in [0.5, 0.6) is 0 Å². The first-order valence-electron chi connectivity index (χ1n) is 10.4. The molecule has 0 spiro atoms. The molecule has 33 heavy (non-hydrogen) atoms. The number of alkyl carbamates (subject to hydrolysis) is 1. The average Bonchev–Trinajstić information content (AvgIpc) is 2.79. The average molecular weight is 458 g/mol. The summed E-state index contributed by atoms with van der Waals surface area (Å²) < 4.78 is 18.3. The second-order valence-electron chi connectivity index (χ2n) is 8.28. The number of carbonyl (C=O) groups excluding carboxylic acids is 3. The highest BCUT2D eigenvalue weighted by Gasteiger charge is 2.44. The summed E-state index contributed by atoms with van der Waals surface area (Å²) in [5, 5.41) is 20.9. The van der Waals surface area contributed by atoms with E-state index in [1.165, 1.54) is 24.3 Å². The number of aliphatic hydroxyl groups excluding tert-OH is 1. The molecule has 3 atom stereocenters. The lowest BCUT2D eigenvalue weighted by Crippen LogP contribution is -2.75. The van der Waals surface area contributed by atoms with Crippen LogP contribution in [0.3, 0.4) is 0 Å². The van der Waals surface area contributed by atoms with Gasteiger partial charge < -0.3 is 25.8 Å². The molecule has 9 nitrogen and oxygen atoms in total. The summed E-state index contributed by atoms with van der Waals surface area (Å²) in [7, 11) is 0. The topological polar surface area (TPSA) is 129 Å². The van der Waals surface area contributed by atoms with Crippen LogP contribution in [0.2, 0.25) is 0 Å². The zero-order valence-corrected chi connectivity index (χ0v) is 18.3. The second kappa shape index (κ2) is 10.4. The quantitative estimate of drug-likeness (QED) is 0.420. The normalized spacial score (nSPS) is 20.5. The van der Waals surface area contributed by atoms with Crippen molar-refractivity contribution >= 4 is 17.9 Å². The van der Waals surface area contributed by atoms with Gasteiger partial charge in [-0.1, -0.05) is 42.5 Å². The highest BCUT2D eigenvalue weighted by Crippen LogP contribution is 2.15. The molecule has 1 aliphatic rings. The van der Waals surface area contributed by atoms with Crippen LogP contribution in [0.4, 0.5) is 9.18 Å². The largest absolute Gasteiger partial charge is 0.445 e. The molecule has 0 saturated carbocycles. The summed E-state index contributed by atoms with van der Waals surface area (Å²) in [5.74, 6) is -1.77. The minimum atomic E-state index is -1.63. The Kier molecular flexibility index (Phi) is 7.62. The SMILES string of the molecule is CC(C)(NC(=O)OCc1ccccc1)C1NC(=O)C(O)C(C(=O)NCc2ccc(F)cc2)N1. The highest BCUT2D eigenvalue weighted by molar-refractivity contribution is 5.93. The molecule has 3 rings (SSSR count). The van der Waals surface area contributed by atoms with Gasteiger partial charge in [0.15, 0.2) is 6.10 Å². The summed E-state index contributed by atoms with van der Waals surface area (Å²) in [6.07, 6.45) is -3.21. The monoisotopic (exact) mass is 458 g/mol. The third-order valence-electron chi connectivity index (χ3n) is 5.24. The van der Waals surface area contributed by atoms with Crippen LogP contribution in [0.1, 0.15) is 25.0 Å². The van der Waals surface area contributed by atoms with E-state index in [-0.39, 0.29) is 13.2 Å². The number of benzene rings is 2. The molecular weight excluding hydrogens is 431 g/mol. The minimum Gasteiger partial charge on any atom is -0.445 e. The molecule has 10 heteroatoms. The van der Waals surface area contributed by atoms with E-state index in [2.05, 4.69) is 21.3 Å². The molecule has 1 heterocycles. The van der Waals surface area contributed by atoms with Crippen molar-refractivity contribution in [2.24, 2.45) is 0 Å². The van der Waals surface area contributed by atoms with E-state index in [9.17, 15) is 23.9 Å². The molecular formula is C23H27FN4O5. The number of amides is 3. The Hall–Kier alpha value is -3.50. The van der Waals surface area contributed by atoms with Crippen molar-refractivity contribution in [2.75, 3.05) is 0 Å². The van der Waals surface area contributed by atoms with Crippen molar-refractivity contribution in [3.8, 4) is 0 Å². The molecule has 1 saturated heterocycles. The molecule has 0 bridgehead atoms. The number of carbonyl (C=O) groups is 3. The summed E-state index contributed by atoms with van der Waals surface area (Å²) >= 11 is 0. The van der Waals surface area contributed by atoms with Gasteiger partial charge in [-0.2, -0.15) is 0 Å². The first-order chi connectivity index (χ1) is 15.7. The van der Waals surface area contributed by atoms with Crippen LogP contribution in [0.25, 0.3) is 0 Å². The van der Waals surface area contributed by atoms with E-state index < -0.39 is 47.6 Å². The van der Waals surface area contributed by atoms with Gasteiger partial charge in [0.25, 0.3) is 5.91 Å². The number of hydrogen-bond donors (Lipinski definition) is 5. The molecule has 3 unspecified atom stereocenters. The molecule has 5 N–H and O–H groups in total. The minimum absolute atomic E-state index is 0.0698. The van der Waals surface area contributed by atoms with Crippen molar-refractivity contribution in [3.63, 3.8) is 0 Å². The molecule has 1 aliphatic heterocycles. The fourth-order valence-corrected chi connectivity index (χ4v) is 3.30.